The molecule has 0 radical (unpaired) electrons. The van der Waals surface area contributed by atoms with Crippen LogP contribution in [0.5, 0.6) is 0 Å². The SMILES string of the molecule is COC(=O)NC(C(=O)N1CCCC1c1nc2ccc(C3=CC=C(C4=CCC(=N)C(NCC5CCCN5C(=O)C(N)C(C)C)C4)C4C5CC(C)CC(N5)C34)cc2[nH]1)C(C)C. The summed E-state index contributed by atoms with van der Waals surface area (Å²) in [6.45, 7) is 12.3. The summed E-state index contributed by atoms with van der Waals surface area (Å²) in [5.41, 5.74) is 14.1. The number of nitrogens with one attached hydrogen (secondary N) is 5. The highest BCUT2D eigenvalue weighted by atomic mass is 16.5. The molecule has 1 aromatic heterocycles. The Balaban J connectivity index is 1.03. The molecule has 13 heteroatoms. The van der Waals surface area contributed by atoms with Gasteiger partial charge in [0.2, 0.25) is 11.8 Å². The molecular formula is C46H65N9O4. The van der Waals surface area contributed by atoms with Gasteiger partial charge in [0.25, 0.3) is 0 Å². The van der Waals surface area contributed by atoms with Gasteiger partial charge in [-0.25, -0.2) is 9.78 Å². The van der Waals surface area contributed by atoms with Gasteiger partial charge in [-0.05, 0) is 97.1 Å². The van der Waals surface area contributed by atoms with Gasteiger partial charge in [-0.15, -0.1) is 0 Å². The number of likely N-dealkylation sites (tertiary alicyclic amines) is 2. The number of fused-ring (bicyclic) bond motifs is 6. The van der Waals surface area contributed by atoms with Gasteiger partial charge < -0.3 is 46.6 Å². The van der Waals surface area contributed by atoms with Gasteiger partial charge in [-0.1, -0.05) is 58.9 Å². The number of aromatic amines is 1. The predicted molar refractivity (Wildman–Crippen MR) is 230 cm³/mol. The minimum atomic E-state index is -0.682. The number of carbonyl (C=O) groups is 3. The third-order valence-electron chi connectivity index (χ3n) is 14.3. The maximum atomic E-state index is 13.8. The van der Waals surface area contributed by atoms with E-state index in [1.54, 1.807) is 0 Å². The fourth-order valence-electron chi connectivity index (χ4n) is 11.1. The van der Waals surface area contributed by atoms with E-state index in [1.807, 2.05) is 37.5 Å². The normalized spacial score (nSPS) is 30.3. The van der Waals surface area contributed by atoms with E-state index >= 15 is 0 Å². The summed E-state index contributed by atoms with van der Waals surface area (Å²) in [6.07, 6.45) is 13.7. The van der Waals surface area contributed by atoms with E-state index in [0.717, 1.165) is 68.3 Å². The van der Waals surface area contributed by atoms with Crippen LogP contribution in [-0.2, 0) is 14.3 Å². The molecule has 7 N–H and O–H groups in total. The summed E-state index contributed by atoms with van der Waals surface area (Å²) < 4.78 is 4.82. The Kier molecular flexibility index (Phi) is 11.9. The maximum absolute atomic E-state index is 13.8. The number of nitrogens with two attached hydrogens (primary N) is 1. The number of allylic oxidation sites excluding steroid dienone is 3. The van der Waals surface area contributed by atoms with Gasteiger partial charge >= 0.3 is 6.09 Å². The summed E-state index contributed by atoms with van der Waals surface area (Å²) in [6, 6.07) is 5.99. The zero-order valence-corrected chi connectivity index (χ0v) is 35.7. The second-order valence-electron chi connectivity index (χ2n) is 18.9. The number of rotatable bonds is 11. The summed E-state index contributed by atoms with van der Waals surface area (Å²) in [4.78, 5) is 51.6. The standard InChI is InChI=1S/C46H65N9O4/c1-24(2)41(48)44(56)54-17-7-9-29(54)23-49-34-21-27(11-15-32(34)47)30-13-14-31(40-37-20-26(5)19-36(50-37)39(30)40)28-12-16-33-35(22-28)52-43(51-33)38-10-8-18-55(38)45(57)42(25(3)4)53-46(58)59-6/h11-14,16,22,24-26,29,34,36-42,47,49-50H,7-10,15,17-21,23,48H2,1-6H3,(H,51,52)(H,53,58). The highest BCUT2D eigenvalue weighted by Gasteiger charge is 2.51. The molecule has 2 bridgehead atoms. The lowest BCUT2D eigenvalue weighted by Gasteiger charge is -2.36. The van der Waals surface area contributed by atoms with E-state index in [1.165, 1.54) is 29.4 Å². The molecule has 3 amide bonds. The highest BCUT2D eigenvalue weighted by Crippen LogP contribution is 2.52. The lowest BCUT2D eigenvalue weighted by atomic mass is 9.69. The van der Waals surface area contributed by atoms with E-state index < -0.39 is 18.2 Å². The molecule has 0 spiro atoms. The van der Waals surface area contributed by atoms with Crippen LogP contribution in [0, 0.1) is 35.0 Å². The first kappa shape index (κ1) is 41.4. The maximum Gasteiger partial charge on any atom is 0.407 e. The van der Waals surface area contributed by atoms with E-state index in [0.29, 0.717) is 55.1 Å². The minimum absolute atomic E-state index is 0.0457. The van der Waals surface area contributed by atoms with Crippen molar-refractivity contribution in [3.8, 4) is 0 Å². The van der Waals surface area contributed by atoms with Gasteiger partial charge in [-0.2, -0.15) is 0 Å². The average Bonchev–Trinajstić information content (AvgIpc) is 4.04. The Bertz CT molecular complexity index is 2050. The molecule has 59 heavy (non-hydrogen) atoms. The monoisotopic (exact) mass is 808 g/mol. The molecule has 6 aliphatic rings. The first-order valence-corrected chi connectivity index (χ1v) is 22.2. The predicted octanol–water partition coefficient (Wildman–Crippen LogP) is 5.61. The van der Waals surface area contributed by atoms with Crippen molar-refractivity contribution >= 4 is 40.2 Å². The van der Waals surface area contributed by atoms with Crippen LogP contribution in [0.3, 0.4) is 0 Å². The zero-order valence-electron chi connectivity index (χ0n) is 35.7. The number of piperidine rings is 1. The van der Waals surface area contributed by atoms with Crippen LogP contribution in [0.15, 0.2) is 47.6 Å². The van der Waals surface area contributed by atoms with E-state index in [2.05, 4.69) is 64.3 Å². The van der Waals surface area contributed by atoms with E-state index in [9.17, 15) is 14.4 Å². The number of H-pyrrole nitrogens is 1. The fourth-order valence-corrected chi connectivity index (χ4v) is 11.1. The Morgan fingerprint density at radius 1 is 0.983 bits per heavy atom. The summed E-state index contributed by atoms with van der Waals surface area (Å²) in [7, 11) is 1.31. The third-order valence-corrected chi connectivity index (χ3v) is 14.3. The first-order chi connectivity index (χ1) is 28.3. The van der Waals surface area contributed by atoms with Crippen LogP contribution in [0.4, 0.5) is 4.79 Å². The van der Waals surface area contributed by atoms with Crippen LogP contribution in [0.1, 0.15) is 103 Å². The molecule has 4 aliphatic heterocycles. The molecule has 4 fully saturated rings. The lowest BCUT2D eigenvalue weighted by Crippen LogP contribution is -2.52. The molecular weight excluding hydrogens is 743 g/mol. The van der Waals surface area contributed by atoms with Crippen molar-refractivity contribution in [3.05, 3.63) is 59.0 Å². The van der Waals surface area contributed by atoms with Gasteiger partial charge in [0.05, 0.1) is 30.2 Å². The molecule has 10 atom stereocenters. The van der Waals surface area contributed by atoms with Crippen molar-refractivity contribution in [3.63, 3.8) is 0 Å². The number of alkyl carbamates (subject to hydrolysis) is 1. The number of hydrogen-bond donors (Lipinski definition) is 6. The van der Waals surface area contributed by atoms with Crippen LogP contribution < -0.4 is 21.7 Å². The zero-order chi connectivity index (χ0) is 41.7. The Morgan fingerprint density at radius 3 is 2.42 bits per heavy atom. The third kappa shape index (κ3) is 8.02. The molecule has 13 nitrogen and oxygen atoms in total. The van der Waals surface area contributed by atoms with Gasteiger partial charge in [0.15, 0.2) is 0 Å². The Labute approximate surface area is 348 Å². The number of nitrogens with zero attached hydrogens (tertiary/aromatic N) is 3. The summed E-state index contributed by atoms with van der Waals surface area (Å²) in [5, 5.41) is 19.5. The van der Waals surface area contributed by atoms with Crippen molar-refractivity contribution in [2.75, 3.05) is 26.7 Å². The molecule has 5 heterocycles. The van der Waals surface area contributed by atoms with Crippen molar-refractivity contribution in [1.29, 1.82) is 5.41 Å². The molecule has 2 aliphatic carbocycles. The molecule has 2 aromatic rings. The van der Waals surface area contributed by atoms with E-state index in [4.69, 9.17) is 20.9 Å². The second-order valence-corrected chi connectivity index (χ2v) is 18.9. The topological polar surface area (TPSA) is 182 Å². The van der Waals surface area contributed by atoms with Crippen molar-refractivity contribution in [2.45, 2.75) is 128 Å². The first-order valence-electron chi connectivity index (χ1n) is 22.2. The largest absolute Gasteiger partial charge is 0.453 e. The highest BCUT2D eigenvalue weighted by molar-refractivity contribution is 5.90. The quantitative estimate of drug-likeness (QED) is 0.170. The molecule has 10 unspecified atom stereocenters. The van der Waals surface area contributed by atoms with Crippen molar-refractivity contribution in [1.82, 2.24) is 35.7 Å². The number of amides is 3. The Morgan fingerprint density at radius 2 is 1.69 bits per heavy atom. The molecule has 1 aromatic carbocycles. The second kappa shape index (κ2) is 17.0. The fraction of sp³-hybridized carbons (Fsp3) is 0.630. The van der Waals surface area contributed by atoms with Crippen molar-refractivity contribution < 1.29 is 19.1 Å². The number of benzene rings is 1. The van der Waals surface area contributed by atoms with Gasteiger partial charge in [-0.3, -0.25) is 9.59 Å². The molecule has 8 rings (SSSR count). The number of methoxy groups -OCH3 is 1. The average molecular weight is 808 g/mol. The minimum Gasteiger partial charge on any atom is -0.453 e. The van der Waals surface area contributed by atoms with Crippen LogP contribution in [0.2, 0.25) is 0 Å². The van der Waals surface area contributed by atoms with Crippen LogP contribution in [0.25, 0.3) is 16.6 Å². The molecule has 318 valence electrons. The number of ether oxygens (including phenoxy) is 1. The number of imidazole rings is 1. The van der Waals surface area contributed by atoms with Gasteiger partial charge in [0.1, 0.15) is 11.9 Å². The Hall–Kier alpha value is -4.33. The van der Waals surface area contributed by atoms with Crippen LogP contribution >= 0.6 is 0 Å². The van der Waals surface area contributed by atoms with Crippen molar-refractivity contribution in [2.24, 2.45) is 35.3 Å². The van der Waals surface area contributed by atoms with Gasteiger partial charge in [0, 0.05) is 67.8 Å². The smallest absolute Gasteiger partial charge is 0.407 e. The molecule has 0 saturated carbocycles. The molecule has 4 saturated heterocycles. The number of carbonyl (C=O) groups excluding carboxylic acids is 3. The lowest BCUT2D eigenvalue weighted by molar-refractivity contribution is -0.135. The summed E-state index contributed by atoms with van der Waals surface area (Å²) in [5.74, 6) is 2.00. The van der Waals surface area contributed by atoms with Crippen LogP contribution in [-0.4, -0.2) is 106 Å². The summed E-state index contributed by atoms with van der Waals surface area (Å²) >= 11 is 0. The number of aromatic nitrogens is 2. The van der Waals surface area contributed by atoms with E-state index in [-0.39, 0.29) is 41.8 Å². The number of hydrogen-bond acceptors (Lipinski definition) is 9.